The summed E-state index contributed by atoms with van der Waals surface area (Å²) < 4.78 is 0. The van der Waals surface area contributed by atoms with Crippen LogP contribution < -0.4 is 0 Å². The summed E-state index contributed by atoms with van der Waals surface area (Å²) in [6, 6.07) is 0. The van der Waals surface area contributed by atoms with Crippen molar-refractivity contribution in [2.45, 2.75) is 39.2 Å². The van der Waals surface area contributed by atoms with Crippen molar-refractivity contribution in [1.29, 1.82) is 0 Å². The lowest BCUT2D eigenvalue weighted by Crippen LogP contribution is -2.28. The van der Waals surface area contributed by atoms with Gasteiger partial charge in [-0.25, -0.2) is 0 Å². The van der Waals surface area contributed by atoms with Crippen LogP contribution >= 0.6 is 0 Å². The van der Waals surface area contributed by atoms with Crippen LogP contribution in [0, 0.1) is 5.92 Å². The Kier molecular flexibility index (Phi) is 3.91. The molecular formula is C8H18O2. The maximum atomic E-state index is 9.43. The molecule has 0 radical (unpaired) electrons. The molecule has 2 N–H and O–H groups in total. The zero-order chi connectivity index (χ0) is 8.20. The second-order valence-electron chi connectivity index (χ2n) is 3.42. The lowest BCUT2D eigenvalue weighted by molar-refractivity contribution is 0.0189. The van der Waals surface area contributed by atoms with Crippen molar-refractivity contribution in [3.05, 3.63) is 0 Å². The van der Waals surface area contributed by atoms with Gasteiger partial charge in [-0.1, -0.05) is 6.92 Å². The third kappa shape index (κ3) is 3.85. The third-order valence-corrected chi connectivity index (χ3v) is 2.00. The van der Waals surface area contributed by atoms with E-state index >= 15 is 0 Å². The summed E-state index contributed by atoms with van der Waals surface area (Å²) in [7, 11) is 0. The molecule has 0 aliphatic carbocycles. The predicted octanol–water partition coefficient (Wildman–Crippen LogP) is 1.17. The molecule has 0 heterocycles. The highest BCUT2D eigenvalue weighted by Crippen LogP contribution is 2.19. The average molecular weight is 146 g/mol. The van der Waals surface area contributed by atoms with E-state index in [1.54, 1.807) is 13.8 Å². The van der Waals surface area contributed by atoms with Crippen LogP contribution in [0.1, 0.15) is 33.6 Å². The molecule has 62 valence electrons. The molecule has 0 aliphatic heterocycles. The van der Waals surface area contributed by atoms with Gasteiger partial charge in [0.25, 0.3) is 0 Å². The molecule has 2 heteroatoms. The highest BCUT2D eigenvalue weighted by Gasteiger charge is 2.20. The lowest BCUT2D eigenvalue weighted by atomic mass is 9.89. The second kappa shape index (κ2) is 3.94. The SMILES string of the molecule is CC(CCCO)C(C)(C)O. The second-order valence-corrected chi connectivity index (χ2v) is 3.42. The van der Waals surface area contributed by atoms with Crippen molar-refractivity contribution in [3.63, 3.8) is 0 Å². The summed E-state index contributed by atoms with van der Waals surface area (Å²) in [6.07, 6.45) is 1.67. The fourth-order valence-electron chi connectivity index (χ4n) is 0.751. The highest BCUT2D eigenvalue weighted by molar-refractivity contribution is 4.72. The summed E-state index contributed by atoms with van der Waals surface area (Å²) in [5.74, 6) is 0.264. The standard InChI is InChI=1S/C8H18O2/c1-7(5-4-6-9)8(2,3)10/h7,9-10H,4-6H2,1-3H3. The van der Waals surface area contributed by atoms with E-state index in [0.717, 1.165) is 12.8 Å². The third-order valence-electron chi connectivity index (χ3n) is 2.00. The minimum Gasteiger partial charge on any atom is -0.396 e. The van der Waals surface area contributed by atoms with Gasteiger partial charge in [-0.15, -0.1) is 0 Å². The quantitative estimate of drug-likeness (QED) is 0.625. The first-order valence-corrected chi connectivity index (χ1v) is 3.81. The van der Waals surface area contributed by atoms with E-state index in [1.165, 1.54) is 0 Å². The molecule has 0 aliphatic rings. The Morgan fingerprint density at radius 2 is 1.90 bits per heavy atom. The first-order valence-electron chi connectivity index (χ1n) is 3.81. The zero-order valence-electron chi connectivity index (χ0n) is 7.09. The van der Waals surface area contributed by atoms with E-state index in [0.29, 0.717) is 0 Å². The summed E-state index contributed by atoms with van der Waals surface area (Å²) in [4.78, 5) is 0. The molecule has 0 aromatic heterocycles. The topological polar surface area (TPSA) is 40.5 Å². The van der Waals surface area contributed by atoms with Gasteiger partial charge in [-0.05, 0) is 32.6 Å². The molecule has 0 rings (SSSR count). The summed E-state index contributed by atoms with van der Waals surface area (Å²) in [5.41, 5.74) is -0.602. The van der Waals surface area contributed by atoms with Crippen LogP contribution in [-0.2, 0) is 0 Å². The highest BCUT2D eigenvalue weighted by atomic mass is 16.3. The van der Waals surface area contributed by atoms with Crippen LogP contribution in [0.4, 0.5) is 0 Å². The predicted molar refractivity (Wildman–Crippen MR) is 41.8 cm³/mol. The number of aliphatic hydroxyl groups is 2. The molecule has 10 heavy (non-hydrogen) atoms. The van der Waals surface area contributed by atoms with Crippen LogP contribution in [0.2, 0.25) is 0 Å². The van der Waals surface area contributed by atoms with E-state index in [4.69, 9.17) is 5.11 Å². The minimum absolute atomic E-state index is 0.223. The Labute approximate surface area is 62.9 Å². The van der Waals surface area contributed by atoms with Crippen molar-refractivity contribution in [1.82, 2.24) is 0 Å². The van der Waals surface area contributed by atoms with Gasteiger partial charge in [0.05, 0.1) is 5.60 Å². The molecule has 2 nitrogen and oxygen atoms in total. The van der Waals surface area contributed by atoms with Crippen LogP contribution in [0.3, 0.4) is 0 Å². The molecule has 0 bridgehead atoms. The molecule has 1 unspecified atom stereocenters. The van der Waals surface area contributed by atoms with E-state index < -0.39 is 5.60 Å². The van der Waals surface area contributed by atoms with Crippen LogP contribution in [0.5, 0.6) is 0 Å². The maximum Gasteiger partial charge on any atom is 0.0617 e. The molecule has 0 spiro atoms. The Bertz CT molecular complexity index is 83.7. The summed E-state index contributed by atoms with van der Waals surface area (Å²) >= 11 is 0. The van der Waals surface area contributed by atoms with Crippen molar-refractivity contribution < 1.29 is 10.2 Å². The lowest BCUT2D eigenvalue weighted by Gasteiger charge is -2.25. The molecule has 1 atom stereocenters. The number of hydrogen-bond acceptors (Lipinski definition) is 2. The molecule has 0 saturated heterocycles. The van der Waals surface area contributed by atoms with Gasteiger partial charge >= 0.3 is 0 Å². The van der Waals surface area contributed by atoms with Crippen molar-refractivity contribution in [2.75, 3.05) is 6.61 Å². The van der Waals surface area contributed by atoms with Gasteiger partial charge < -0.3 is 10.2 Å². The van der Waals surface area contributed by atoms with Gasteiger partial charge in [-0.3, -0.25) is 0 Å². The van der Waals surface area contributed by atoms with Gasteiger partial charge in [-0.2, -0.15) is 0 Å². The van der Waals surface area contributed by atoms with E-state index in [-0.39, 0.29) is 12.5 Å². The number of hydrogen-bond donors (Lipinski definition) is 2. The Balaban J connectivity index is 3.52. The van der Waals surface area contributed by atoms with Gasteiger partial charge in [0, 0.05) is 6.61 Å². The fourth-order valence-corrected chi connectivity index (χ4v) is 0.751. The number of rotatable bonds is 4. The maximum absolute atomic E-state index is 9.43. The smallest absolute Gasteiger partial charge is 0.0617 e. The Morgan fingerprint density at radius 3 is 2.20 bits per heavy atom. The van der Waals surface area contributed by atoms with Gasteiger partial charge in [0.2, 0.25) is 0 Å². The van der Waals surface area contributed by atoms with Crippen molar-refractivity contribution in [2.24, 2.45) is 5.92 Å². The molecule has 0 saturated carbocycles. The van der Waals surface area contributed by atoms with Gasteiger partial charge in [0.15, 0.2) is 0 Å². The zero-order valence-corrected chi connectivity index (χ0v) is 7.09. The van der Waals surface area contributed by atoms with Gasteiger partial charge in [0.1, 0.15) is 0 Å². The average Bonchev–Trinajstić information content (AvgIpc) is 1.80. The van der Waals surface area contributed by atoms with E-state index in [1.807, 2.05) is 6.92 Å². The summed E-state index contributed by atoms with van der Waals surface area (Å²) in [6.45, 7) is 5.82. The fraction of sp³-hybridized carbons (Fsp3) is 1.00. The van der Waals surface area contributed by atoms with E-state index in [2.05, 4.69) is 0 Å². The Morgan fingerprint density at radius 1 is 1.40 bits per heavy atom. The van der Waals surface area contributed by atoms with Crippen LogP contribution in [0.15, 0.2) is 0 Å². The molecule has 0 aromatic carbocycles. The monoisotopic (exact) mass is 146 g/mol. The first kappa shape index (κ1) is 9.92. The van der Waals surface area contributed by atoms with Crippen LogP contribution in [-0.4, -0.2) is 22.4 Å². The first-order chi connectivity index (χ1) is 4.48. The van der Waals surface area contributed by atoms with E-state index in [9.17, 15) is 5.11 Å². The number of aliphatic hydroxyl groups excluding tert-OH is 1. The Hall–Kier alpha value is -0.0800. The molecule has 0 aromatic rings. The van der Waals surface area contributed by atoms with Crippen molar-refractivity contribution >= 4 is 0 Å². The van der Waals surface area contributed by atoms with Crippen LogP contribution in [0.25, 0.3) is 0 Å². The normalized spacial score (nSPS) is 15.3. The molecular weight excluding hydrogens is 128 g/mol. The van der Waals surface area contributed by atoms with Crippen molar-refractivity contribution in [3.8, 4) is 0 Å². The molecule has 0 fully saturated rings. The minimum atomic E-state index is -0.602. The molecule has 0 amide bonds. The largest absolute Gasteiger partial charge is 0.396 e. The summed E-state index contributed by atoms with van der Waals surface area (Å²) in [5, 5.41) is 17.9.